The molecule has 42 heavy (non-hydrogen) atoms. The van der Waals surface area contributed by atoms with Crippen LogP contribution < -0.4 is 10.6 Å². The monoisotopic (exact) mass is 608 g/mol. The van der Waals surface area contributed by atoms with Gasteiger partial charge in [0.1, 0.15) is 10.8 Å². The first-order valence-corrected chi connectivity index (χ1v) is 15.9. The number of rotatable bonds is 12. The molecule has 3 atom stereocenters. The maximum Gasteiger partial charge on any atom is 0.261 e. The summed E-state index contributed by atoms with van der Waals surface area (Å²) < 4.78 is 5.60. The van der Waals surface area contributed by atoms with Crippen LogP contribution in [0.3, 0.4) is 0 Å². The number of nitrogens with zero attached hydrogens (tertiary/aromatic N) is 2. The van der Waals surface area contributed by atoms with Crippen molar-refractivity contribution in [2.24, 2.45) is 11.8 Å². The molecule has 1 aliphatic carbocycles. The Hall–Kier alpha value is -3.20. The van der Waals surface area contributed by atoms with Crippen molar-refractivity contribution in [1.29, 1.82) is 0 Å². The minimum atomic E-state index is -0.600. The van der Waals surface area contributed by atoms with E-state index in [1.54, 1.807) is 7.11 Å². The van der Waals surface area contributed by atoms with Gasteiger partial charge in [-0.2, -0.15) is 0 Å². The Balaban J connectivity index is 1.80. The van der Waals surface area contributed by atoms with E-state index in [1.807, 2.05) is 66.6 Å². The number of allylic oxidation sites excluding steroid dienone is 4. The Bertz CT molecular complexity index is 1390. The number of methoxy groups -OCH3 is 1. The van der Waals surface area contributed by atoms with E-state index < -0.39 is 12.0 Å². The van der Waals surface area contributed by atoms with Crippen molar-refractivity contribution in [1.82, 2.24) is 20.5 Å². The van der Waals surface area contributed by atoms with E-state index in [0.29, 0.717) is 28.7 Å². The second-order valence-corrected chi connectivity index (χ2v) is 12.1. The van der Waals surface area contributed by atoms with Crippen molar-refractivity contribution < 1.29 is 14.3 Å². The fourth-order valence-electron chi connectivity index (χ4n) is 5.31. The van der Waals surface area contributed by atoms with Crippen molar-refractivity contribution in [3.8, 4) is 11.3 Å². The summed E-state index contributed by atoms with van der Waals surface area (Å²) in [6, 6.07) is 6.99. The highest BCUT2D eigenvalue weighted by Gasteiger charge is 2.43. The Morgan fingerprint density at radius 2 is 1.95 bits per heavy atom. The van der Waals surface area contributed by atoms with Crippen LogP contribution in [-0.4, -0.2) is 54.5 Å². The molecule has 7 nitrogen and oxygen atoms in total. The molecule has 2 heterocycles. The van der Waals surface area contributed by atoms with E-state index in [0.717, 1.165) is 54.1 Å². The number of aromatic nitrogens is 1. The normalized spacial score (nSPS) is 20.4. The molecule has 4 rings (SSSR count). The Labute approximate surface area is 258 Å². The van der Waals surface area contributed by atoms with Crippen LogP contribution in [0.5, 0.6) is 0 Å². The van der Waals surface area contributed by atoms with Gasteiger partial charge in [0.25, 0.3) is 5.91 Å². The van der Waals surface area contributed by atoms with E-state index in [2.05, 4.69) is 30.6 Å². The molecular formula is C33H41ClN4O3S. The summed E-state index contributed by atoms with van der Waals surface area (Å²) in [5.41, 5.74) is 4.01. The van der Waals surface area contributed by atoms with Crippen molar-refractivity contribution in [2.45, 2.75) is 53.0 Å². The molecule has 1 aliphatic heterocycles. The smallest absolute Gasteiger partial charge is 0.261 e. The summed E-state index contributed by atoms with van der Waals surface area (Å²) in [4.78, 5) is 35.0. The lowest BCUT2D eigenvalue weighted by atomic mass is 9.84. The first kappa shape index (κ1) is 31.7. The zero-order valence-corrected chi connectivity index (χ0v) is 26.6. The first-order valence-electron chi connectivity index (χ1n) is 14.6. The molecule has 2 aromatic rings. The van der Waals surface area contributed by atoms with Gasteiger partial charge in [-0.1, -0.05) is 55.3 Å². The Kier molecular flexibility index (Phi) is 11.2. The molecule has 1 aromatic carbocycles. The highest BCUT2D eigenvalue weighted by molar-refractivity contribution is 7.11. The second-order valence-electron chi connectivity index (χ2n) is 10.8. The van der Waals surface area contributed by atoms with Gasteiger partial charge >= 0.3 is 0 Å². The van der Waals surface area contributed by atoms with Crippen LogP contribution in [0.15, 0.2) is 71.0 Å². The number of thiazole rings is 1. The standard InChI is InChI=1S/C33H41ClN4O3S/c1-6-14-35-15-16-36-31(39)26-19-27(32-37-28(20-42-32)23-8-11-24(34)12-9-23)33(40)38(30(26)17-21(3)4)29-18-25(41-5)13-10-22(29)7-2/h8-9,11-13,17-20,22,26,30,35H,6-7,10,14-16H2,1-5H3,(H,36,39). The lowest BCUT2D eigenvalue weighted by Crippen LogP contribution is -2.52. The minimum Gasteiger partial charge on any atom is -0.497 e. The van der Waals surface area contributed by atoms with Gasteiger partial charge in [0.05, 0.1) is 30.3 Å². The van der Waals surface area contributed by atoms with E-state index in [4.69, 9.17) is 21.3 Å². The lowest BCUT2D eigenvalue weighted by molar-refractivity contribution is -0.130. The third kappa shape index (κ3) is 7.41. The summed E-state index contributed by atoms with van der Waals surface area (Å²) in [5.74, 6) is -0.0469. The molecule has 0 saturated carbocycles. The molecule has 0 spiro atoms. The van der Waals surface area contributed by atoms with Crippen LogP contribution in [0.4, 0.5) is 0 Å². The number of ether oxygens (including phenoxy) is 1. The van der Waals surface area contributed by atoms with E-state index in [1.165, 1.54) is 11.3 Å². The molecule has 3 unspecified atom stereocenters. The molecular weight excluding hydrogens is 568 g/mol. The quantitative estimate of drug-likeness (QED) is 0.210. The Morgan fingerprint density at radius 1 is 1.19 bits per heavy atom. The van der Waals surface area contributed by atoms with E-state index >= 15 is 0 Å². The number of nitrogens with one attached hydrogen (secondary N) is 2. The third-order valence-electron chi connectivity index (χ3n) is 7.49. The van der Waals surface area contributed by atoms with Gasteiger partial charge in [-0.25, -0.2) is 4.98 Å². The number of carbonyl (C=O) groups excluding carboxylic acids is 2. The molecule has 0 fully saturated rings. The molecule has 0 saturated heterocycles. The van der Waals surface area contributed by atoms with Crippen LogP contribution in [0.25, 0.3) is 16.8 Å². The van der Waals surface area contributed by atoms with Crippen LogP contribution >= 0.6 is 22.9 Å². The fourth-order valence-corrected chi connectivity index (χ4v) is 6.28. The molecule has 224 valence electrons. The zero-order valence-electron chi connectivity index (χ0n) is 25.1. The van der Waals surface area contributed by atoms with Gasteiger partial charge in [0.2, 0.25) is 5.91 Å². The predicted octanol–water partition coefficient (Wildman–Crippen LogP) is 6.60. The minimum absolute atomic E-state index is 0.114. The zero-order chi connectivity index (χ0) is 30.2. The van der Waals surface area contributed by atoms with Crippen molar-refractivity contribution in [2.75, 3.05) is 26.7 Å². The van der Waals surface area contributed by atoms with Gasteiger partial charge in [-0.05, 0) is 63.9 Å². The molecule has 0 bridgehead atoms. The number of halogens is 1. The SMILES string of the molecule is CCCNCCNC(=O)C1C=C(c2nc(-c3ccc(Cl)cc3)cs2)C(=O)N(C2=CC(OC)=CCC2CC)C1C=C(C)C. The van der Waals surface area contributed by atoms with Gasteiger partial charge in [-0.3, -0.25) is 9.59 Å². The molecule has 9 heteroatoms. The third-order valence-corrected chi connectivity index (χ3v) is 8.62. The second kappa shape index (κ2) is 14.8. The molecule has 2 aliphatic rings. The number of hydrogen-bond acceptors (Lipinski definition) is 6. The van der Waals surface area contributed by atoms with Crippen LogP contribution in [-0.2, 0) is 14.3 Å². The van der Waals surface area contributed by atoms with E-state index in [-0.39, 0.29) is 17.7 Å². The van der Waals surface area contributed by atoms with Crippen LogP contribution in [0.1, 0.15) is 52.0 Å². The van der Waals surface area contributed by atoms with Crippen molar-refractivity contribution >= 4 is 40.3 Å². The Morgan fingerprint density at radius 3 is 2.62 bits per heavy atom. The van der Waals surface area contributed by atoms with E-state index in [9.17, 15) is 9.59 Å². The average Bonchev–Trinajstić information content (AvgIpc) is 3.47. The molecule has 2 amide bonds. The van der Waals surface area contributed by atoms with Crippen LogP contribution in [0, 0.1) is 11.8 Å². The number of benzene rings is 1. The predicted molar refractivity (Wildman–Crippen MR) is 172 cm³/mol. The lowest BCUT2D eigenvalue weighted by Gasteiger charge is -2.42. The highest BCUT2D eigenvalue weighted by Crippen LogP contribution is 2.40. The van der Waals surface area contributed by atoms with Crippen molar-refractivity contribution in [3.63, 3.8) is 0 Å². The summed E-state index contributed by atoms with van der Waals surface area (Å²) >= 11 is 7.50. The fraction of sp³-hybridized carbons (Fsp3) is 0.424. The van der Waals surface area contributed by atoms with Gasteiger partial charge in [-0.15, -0.1) is 11.3 Å². The molecule has 0 radical (unpaired) electrons. The molecule has 1 aromatic heterocycles. The summed E-state index contributed by atoms with van der Waals surface area (Å²) in [6.45, 7) is 10.3. The topological polar surface area (TPSA) is 83.6 Å². The summed E-state index contributed by atoms with van der Waals surface area (Å²) in [5, 5.41) is 9.61. The first-order chi connectivity index (χ1) is 20.3. The van der Waals surface area contributed by atoms with Crippen LogP contribution in [0.2, 0.25) is 5.02 Å². The highest BCUT2D eigenvalue weighted by atomic mass is 35.5. The average molecular weight is 609 g/mol. The maximum absolute atomic E-state index is 14.5. The largest absolute Gasteiger partial charge is 0.497 e. The summed E-state index contributed by atoms with van der Waals surface area (Å²) in [7, 11) is 1.64. The molecule has 2 N–H and O–H groups in total. The van der Waals surface area contributed by atoms with Gasteiger partial charge in [0, 0.05) is 40.7 Å². The number of amides is 2. The maximum atomic E-state index is 14.5. The van der Waals surface area contributed by atoms with Crippen molar-refractivity contribution in [3.05, 3.63) is 81.0 Å². The van der Waals surface area contributed by atoms with Gasteiger partial charge < -0.3 is 20.3 Å². The summed E-state index contributed by atoms with van der Waals surface area (Å²) in [6.07, 6.45) is 10.5. The number of carbonyl (C=O) groups is 2. The van der Waals surface area contributed by atoms with Gasteiger partial charge in [0.15, 0.2) is 0 Å². The number of hydrogen-bond donors (Lipinski definition) is 2.